The molecule has 1 aliphatic rings. The second-order valence-corrected chi connectivity index (χ2v) is 4.91. The molecule has 16 heavy (non-hydrogen) atoms. The largest absolute Gasteiger partial charge is 0.368 e. The van der Waals surface area contributed by atoms with Crippen LogP contribution in [0.25, 0.3) is 0 Å². The second kappa shape index (κ2) is 5.37. The minimum atomic E-state index is 0.856. The molecular formula is C13H23N3. The molecule has 3 nitrogen and oxygen atoms in total. The van der Waals surface area contributed by atoms with E-state index in [4.69, 9.17) is 0 Å². The van der Waals surface area contributed by atoms with Crippen molar-refractivity contribution in [1.82, 2.24) is 10.2 Å². The Morgan fingerprint density at radius 2 is 2.06 bits per heavy atom. The zero-order valence-electron chi connectivity index (χ0n) is 10.5. The standard InChI is InChI=1S/C13H23N3/c1-3-12-10(2)13(16-15-12)14-9-11-7-5-4-6-8-11/h11H,3-9H2,1-2H3,(H2,14,15,16). The molecule has 1 aromatic heterocycles. The molecule has 0 amide bonds. The Bertz CT molecular complexity index is 324. The molecule has 3 heteroatoms. The van der Waals surface area contributed by atoms with Crippen molar-refractivity contribution < 1.29 is 0 Å². The quantitative estimate of drug-likeness (QED) is 0.819. The number of nitrogens with one attached hydrogen (secondary N) is 2. The molecular weight excluding hydrogens is 198 g/mol. The normalized spacial score (nSPS) is 17.6. The molecule has 0 unspecified atom stereocenters. The lowest BCUT2D eigenvalue weighted by Gasteiger charge is -2.21. The van der Waals surface area contributed by atoms with Crippen molar-refractivity contribution in [2.75, 3.05) is 11.9 Å². The highest BCUT2D eigenvalue weighted by Gasteiger charge is 2.14. The van der Waals surface area contributed by atoms with E-state index < -0.39 is 0 Å². The van der Waals surface area contributed by atoms with E-state index in [0.717, 1.165) is 24.7 Å². The molecule has 0 saturated heterocycles. The van der Waals surface area contributed by atoms with Gasteiger partial charge in [-0.3, -0.25) is 5.10 Å². The zero-order chi connectivity index (χ0) is 11.4. The van der Waals surface area contributed by atoms with Crippen LogP contribution in [0.5, 0.6) is 0 Å². The molecule has 2 N–H and O–H groups in total. The fraction of sp³-hybridized carbons (Fsp3) is 0.769. The molecule has 1 aliphatic carbocycles. The molecule has 0 radical (unpaired) electrons. The summed E-state index contributed by atoms with van der Waals surface area (Å²) in [7, 11) is 0. The Morgan fingerprint density at radius 3 is 2.69 bits per heavy atom. The minimum absolute atomic E-state index is 0.856. The lowest BCUT2D eigenvalue weighted by atomic mass is 9.89. The van der Waals surface area contributed by atoms with Crippen LogP contribution in [0.4, 0.5) is 5.82 Å². The van der Waals surface area contributed by atoms with Crippen LogP contribution >= 0.6 is 0 Å². The van der Waals surface area contributed by atoms with Gasteiger partial charge in [0, 0.05) is 17.8 Å². The summed E-state index contributed by atoms with van der Waals surface area (Å²) in [5, 5.41) is 10.9. The highest BCUT2D eigenvalue weighted by atomic mass is 15.2. The van der Waals surface area contributed by atoms with Gasteiger partial charge in [-0.2, -0.15) is 5.10 Å². The number of aromatic nitrogens is 2. The molecule has 1 fully saturated rings. The van der Waals surface area contributed by atoms with Crippen molar-refractivity contribution in [2.24, 2.45) is 5.92 Å². The molecule has 0 atom stereocenters. The number of rotatable bonds is 4. The average molecular weight is 221 g/mol. The molecule has 90 valence electrons. The summed E-state index contributed by atoms with van der Waals surface area (Å²) >= 11 is 0. The van der Waals surface area contributed by atoms with Crippen molar-refractivity contribution in [3.05, 3.63) is 11.3 Å². The maximum Gasteiger partial charge on any atom is 0.150 e. The lowest BCUT2D eigenvalue weighted by molar-refractivity contribution is 0.373. The van der Waals surface area contributed by atoms with Crippen LogP contribution in [0.15, 0.2) is 0 Å². The Kier molecular flexibility index (Phi) is 3.86. The Morgan fingerprint density at radius 1 is 1.31 bits per heavy atom. The van der Waals surface area contributed by atoms with Gasteiger partial charge in [-0.1, -0.05) is 26.2 Å². The van der Waals surface area contributed by atoms with Gasteiger partial charge < -0.3 is 5.32 Å². The molecule has 0 aromatic carbocycles. The third-order valence-corrected chi connectivity index (χ3v) is 3.75. The molecule has 0 bridgehead atoms. The number of hydrogen-bond donors (Lipinski definition) is 2. The van der Waals surface area contributed by atoms with Gasteiger partial charge >= 0.3 is 0 Å². The van der Waals surface area contributed by atoms with Gasteiger partial charge in [-0.05, 0) is 32.1 Å². The molecule has 1 heterocycles. The van der Waals surface area contributed by atoms with E-state index in [-0.39, 0.29) is 0 Å². The Labute approximate surface area is 98.0 Å². The van der Waals surface area contributed by atoms with Crippen molar-refractivity contribution in [3.8, 4) is 0 Å². The van der Waals surface area contributed by atoms with Crippen LogP contribution < -0.4 is 5.32 Å². The second-order valence-electron chi connectivity index (χ2n) is 4.91. The number of anilines is 1. The van der Waals surface area contributed by atoms with Gasteiger partial charge in [0.1, 0.15) is 0 Å². The first-order chi connectivity index (χ1) is 7.81. The SMILES string of the molecule is CCc1[nH]nc(NCC2CCCCC2)c1C. The zero-order valence-corrected chi connectivity index (χ0v) is 10.5. The number of aromatic amines is 1. The number of hydrogen-bond acceptors (Lipinski definition) is 2. The fourth-order valence-corrected chi connectivity index (χ4v) is 2.58. The lowest BCUT2D eigenvalue weighted by Crippen LogP contribution is -2.17. The molecule has 1 saturated carbocycles. The van der Waals surface area contributed by atoms with Crippen LogP contribution in [0.1, 0.15) is 50.3 Å². The number of nitrogens with zero attached hydrogens (tertiary/aromatic N) is 1. The van der Waals surface area contributed by atoms with E-state index >= 15 is 0 Å². The molecule has 0 aliphatic heterocycles. The van der Waals surface area contributed by atoms with Crippen molar-refractivity contribution in [3.63, 3.8) is 0 Å². The summed E-state index contributed by atoms with van der Waals surface area (Å²) in [6, 6.07) is 0. The predicted octanol–water partition coefficient (Wildman–Crippen LogP) is 3.27. The monoisotopic (exact) mass is 221 g/mol. The third-order valence-electron chi connectivity index (χ3n) is 3.75. The van der Waals surface area contributed by atoms with E-state index in [9.17, 15) is 0 Å². The van der Waals surface area contributed by atoms with Gasteiger partial charge in [0.2, 0.25) is 0 Å². The summed E-state index contributed by atoms with van der Waals surface area (Å²) < 4.78 is 0. The summed E-state index contributed by atoms with van der Waals surface area (Å²) in [5.74, 6) is 1.91. The van der Waals surface area contributed by atoms with Gasteiger partial charge in [0.25, 0.3) is 0 Å². The van der Waals surface area contributed by atoms with Gasteiger partial charge in [-0.15, -0.1) is 0 Å². The topological polar surface area (TPSA) is 40.7 Å². The Balaban J connectivity index is 1.86. The Hall–Kier alpha value is -0.990. The average Bonchev–Trinajstić information content (AvgIpc) is 2.69. The minimum Gasteiger partial charge on any atom is -0.368 e. The smallest absolute Gasteiger partial charge is 0.150 e. The van der Waals surface area contributed by atoms with Crippen molar-refractivity contribution >= 4 is 5.82 Å². The summed E-state index contributed by atoms with van der Waals surface area (Å²) in [6.45, 7) is 5.39. The highest BCUT2D eigenvalue weighted by Crippen LogP contribution is 2.24. The first-order valence-electron chi connectivity index (χ1n) is 6.59. The van der Waals surface area contributed by atoms with Crippen LogP contribution in [0, 0.1) is 12.8 Å². The maximum atomic E-state index is 4.33. The summed E-state index contributed by atoms with van der Waals surface area (Å²) in [6.07, 6.45) is 8.05. The maximum absolute atomic E-state index is 4.33. The van der Waals surface area contributed by atoms with Gasteiger partial charge in [0.05, 0.1) is 0 Å². The van der Waals surface area contributed by atoms with Crippen LogP contribution in [-0.2, 0) is 6.42 Å². The highest BCUT2D eigenvalue weighted by molar-refractivity contribution is 5.45. The molecule has 2 rings (SSSR count). The first kappa shape index (κ1) is 11.5. The first-order valence-corrected chi connectivity index (χ1v) is 6.59. The number of H-pyrrole nitrogens is 1. The fourth-order valence-electron chi connectivity index (χ4n) is 2.58. The van der Waals surface area contributed by atoms with Crippen molar-refractivity contribution in [2.45, 2.75) is 52.4 Å². The van der Waals surface area contributed by atoms with E-state index in [1.807, 2.05) is 0 Å². The van der Waals surface area contributed by atoms with E-state index in [1.165, 1.54) is 43.4 Å². The number of aryl methyl sites for hydroxylation is 1. The molecule has 0 spiro atoms. The summed E-state index contributed by atoms with van der Waals surface area (Å²) in [4.78, 5) is 0. The predicted molar refractivity (Wildman–Crippen MR) is 67.8 cm³/mol. The van der Waals surface area contributed by atoms with E-state index in [1.54, 1.807) is 0 Å². The van der Waals surface area contributed by atoms with Crippen LogP contribution in [0.3, 0.4) is 0 Å². The van der Waals surface area contributed by atoms with Gasteiger partial charge in [-0.25, -0.2) is 0 Å². The van der Waals surface area contributed by atoms with Gasteiger partial charge in [0.15, 0.2) is 5.82 Å². The third kappa shape index (κ3) is 2.57. The molecule has 1 aromatic rings. The van der Waals surface area contributed by atoms with Crippen molar-refractivity contribution in [1.29, 1.82) is 0 Å². The van der Waals surface area contributed by atoms with E-state index in [0.29, 0.717) is 0 Å². The van der Waals surface area contributed by atoms with Crippen LogP contribution in [-0.4, -0.2) is 16.7 Å². The van der Waals surface area contributed by atoms with Crippen LogP contribution in [0.2, 0.25) is 0 Å². The van der Waals surface area contributed by atoms with E-state index in [2.05, 4.69) is 29.4 Å². The summed E-state index contributed by atoms with van der Waals surface area (Å²) in [5.41, 5.74) is 2.55.